The van der Waals surface area contributed by atoms with Crippen molar-refractivity contribution in [2.24, 2.45) is 10.9 Å². The number of aryl methyl sites for hydroxylation is 1. The van der Waals surface area contributed by atoms with Crippen molar-refractivity contribution in [2.75, 3.05) is 59.8 Å². The van der Waals surface area contributed by atoms with Crippen LogP contribution in [0.3, 0.4) is 0 Å². The molecule has 0 saturated carbocycles. The van der Waals surface area contributed by atoms with Crippen molar-refractivity contribution in [3.8, 4) is 5.75 Å². The summed E-state index contributed by atoms with van der Waals surface area (Å²) in [6.45, 7) is 10.8. The summed E-state index contributed by atoms with van der Waals surface area (Å²) < 4.78 is 22.1. The topological polar surface area (TPSA) is 73.3 Å². The predicted octanol–water partition coefficient (Wildman–Crippen LogP) is 2.91. The summed E-state index contributed by atoms with van der Waals surface area (Å²) in [5, 5.41) is 6.71. The largest absolute Gasteiger partial charge is 0.493 e. The van der Waals surface area contributed by atoms with Crippen molar-refractivity contribution in [3.05, 3.63) is 29.3 Å². The predicted molar refractivity (Wildman–Crippen MR) is 120 cm³/mol. The number of hydrogen-bond donors (Lipinski definition) is 2. The van der Waals surface area contributed by atoms with Crippen LogP contribution in [0.2, 0.25) is 0 Å². The minimum absolute atomic E-state index is 0.485. The van der Waals surface area contributed by atoms with Gasteiger partial charge < -0.3 is 29.6 Å². The number of guanidine groups is 1. The Morgan fingerprint density at radius 1 is 1.20 bits per heavy atom. The van der Waals surface area contributed by atoms with Crippen LogP contribution < -0.4 is 15.4 Å². The molecule has 1 aromatic rings. The molecule has 30 heavy (non-hydrogen) atoms. The van der Waals surface area contributed by atoms with Crippen LogP contribution in [0.5, 0.6) is 5.75 Å². The Balaban J connectivity index is 1.80. The van der Waals surface area contributed by atoms with E-state index >= 15 is 0 Å². The van der Waals surface area contributed by atoms with Crippen molar-refractivity contribution in [1.82, 2.24) is 10.6 Å². The van der Waals surface area contributed by atoms with E-state index in [0.717, 1.165) is 69.4 Å². The molecule has 0 aliphatic carbocycles. The van der Waals surface area contributed by atoms with Gasteiger partial charge in [0.15, 0.2) is 5.96 Å². The number of methoxy groups -OCH3 is 1. The molecule has 0 radical (unpaired) electrons. The zero-order valence-electron chi connectivity index (χ0n) is 18.9. The Labute approximate surface area is 181 Å². The number of nitrogens with one attached hydrogen (secondary N) is 2. The fourth-order valence-electron chi connectivity index (χ4n) is 3.14. The van der Waals surface area contributed by atoms with Gasteiger partial charge in [0.05, 0.1) is 33.0 Å². The van der Waals surface area contributed by atoms with Gasteiger partial charge in [0, 0.05) is 44.9 Å². The lowest BCUT2D eigenvalue weighted by Crippen LogP contribution is -2.37. The number of benzene rings is 1. The molecule has 2 N–H and O–H groups in total. The lowest BCUT2D eigenvalue weighted by Gasteiger charge is -2.15. The summed E-state index contributed by atoms with van der Waals surface area (Å²) >= 11 is 0. The quantitative estimate of drug-likeness (QED) is 0.273. The zero-order chi connectivity index (χ0) is 21.4. The molecule has 0 bridgehead atoms. The molecule has 1 fully saturated rings. The van der Waals surface area contributed by atoms with E-state index < -0.39 is 0 Å². The number of nitrogens with zero attached hydrogens (tertiary/aromatic N) is 1. The van der Waals surface area contributed by atoms with E-state index in [1.165, 1.54) is 5.56 Å². The summed E-state index contributed by atoms with van der Waals surface area (Å²) in [5.74, 6) is 2.24. The molecule has 1 atom stereocenters. The highest BCUT2D eigenvalue weighted by Crippen LogP contribution is 2.23. The zero-order valence-corrected chi connectivity index (χ0v) is 18.9. The molecule has 2 rings (SSSR count). The molecule has 1 aliphatic rings. The number of unbranched alkanes of at least 4 members (excludes halogenated alkanes) is 1. The maximum Gasteiger partial charge on any atom is 0.191 e. The maximum atomic E-state index is 6.13. The SMILES string of the molecule is CCNC(=NCc1ccc(C)cc1OCC1CCOC1)NCCCCOCCOC. The molecule has 170 valence electrons. The highest BCUT2D eigenvalue weighted by atomic mass is 16.5. The first-order chi connectivity index (χ1) is 14.7. The number of rotatable bonds is 14. The monoisotopic (exact) mass is 421 g/mol. The van der Waals surface area contributed by atoms with Gasteiger partial charge in [-0.1, -0.05) is 12.1 Å². The highest BCUT2D eigenvalue weighted by molar-refractivity contribution is 5.79. The van der Waals surface area contributed by atoms with E-state index in [2.05, 4.69) is 42.7 Å². The summed E-state index contributed by atoms with van der Waals surface area (Å²) in [6.07, 6.45) is 3.11. The van der Waals surface area contributed by atoms with Crippen molar-refractivity contribution < 1.29 is 18.9 Å². The Hall–Kier alpha value is -1.83. The third-order valence-electron chi connectivity index (χ3n) is 4.91. The van der Waals surface area contributed by atoms with Crippen LogP contribution in [0.1, 0.15) is 37.3 Å². The lowest BCUT2D eigenvalue weighted by molar-refractivity contribution is 0.0689. The van der Waals surface area contributed by atoms with Gasteiger partial charge in [-0.15, -0.1) is 0 Å². The second-order valence-electron chi connectivity index (χ2n) is 7.59. The van der Waals surface area contributed by atoms with Gasteiger partial charge >= 0.3 is 0 Å². The van der Waals surface area contributed by atoms with Crippen LogP contribution in [-0.4, -0.2) is 65.8 Å². The van der Waals surface area contributed by atoms with E-state index in [9.17, 15) is 0 Å². The normalized spacial score (nSPS) is 16.6. The summed E-state index contributed by atoms with van der Waals surface area (Å²) in [6, 6.07) is 6.32. The molecular formula is C23H39N3O4. The third-order valence-corrected chi connectivity index (χ3v) is 4.91. The maximum absolute atomic E-state index is 6.13. The molecule has 7 heteroatoms. The first-order valence-electron chi connectivity index (χ1n) is 11.1. The summed E-state index contributed by atoms with van der Waals surface area (Å²) in [7, 11) is 1.69. The van der Waals surface area contributed by atoms with Gasteiger partial charge in [0.1, 0.15) is 5.75 Å². The van der Waals surface area contributed by atoms with Gasteiger partial charge in [0.25, 0.3) is 0 Å². The molecule has 1 unspecified atom stereocenters. The Bertz CT molecular complexity index is 618. The van der Waals surface area contributed by atoms with Gasteiger partial charge in [-0.2, -0.15) is 0 Å². The van der Waals surface area contributed by atoms with Gasteiger partial charge in [-0.25, -0.2) is 4.99 Å². The second kappa shape index (κ2) is 15.0. The summed E-state index contributed by atoms with van der Waals surface area (Å²) in [4.78, 5) is 4.75. The molecule has 0 aromatic heterocycles. The fraction of sp³-hybridized carbons (Fsp3) is 0.696. The smallest absolute Gasteiger partial charge is 0.191 e. The van der Waals surface area contributed by atoms with Crippen molar-refractivity contribution in [2.45, 2.75) is 39.7 Å². The minimum Gasteiger partial charge on any atom is -0.493 e. The average Bonchev–Trinajstić information content (AvgIpc) is 3.27. The number of aliphatic imine (C=N–C) groups is 1. The molecule has 0 spiro atoms. The molecule has 1 saturated heterocycles. The Morgan fingerprint density at radius 3 is 2.87 bits per heavy atom. The average molecular weight is 422 g/mol. The van der Waals surface area contributed by atoms with Crippen LogP contribution >= 0.6 is 0 Å². The van der Waals surface area contributed by atoms with Gasteiger partial charge in [0.2, 0.25) is 0 Å². The van der Waals surface area contributed by atoms with E-state index in [1.807, 2.05) is 0 Å². The van der Waals surface area contributed by atoms with Gasteiger partial charge in [-0.05, 0) is 44.7 Å². The number of hydrogen-bond acceptors (Lipinski definition) is 5. The van der Waals surface area contributed by atoms with E-state index in [0.29, 0.717) is 32.3 Å². The van der Waals surface area contributed by atoms with Crippen LogP contribution in [-0.2, 0) is 20.8 Å². The molecule has 0 amide bonds. The van der Waals surface area contributed by atoms with Crippen LogP contribution in [0, 0.1) is 12.8 Å². The first kappa shape index (κ1) is 24.4. The second-order valence-corrected chi connectivity index (χ2v) is 7.59. The lowest BCUT2D eigenvalue weighted by atomic mass is 10.1. The van der Waals surface area contributed by atoms with Gasteiger partial charge in [-0.3, -0.25) is 0 Å². The fourth-order valence-corrected chi connectivity index (χ4v) is 3.14. The van der Waals surface area contributed by atoms with Crippen molar-refractivity contribution in [1.29, 1.82) is 0 Å². The molecule has 1 aliphatic heterocycles. The standard InChI is InChI=1S/C23H39N3O4/c1-4-24-23(25-10-5-6-11-28-14-13-27-3)26-16-21-8-7-19(2)15-22(21)30-18-20-9-12-29-17-20/h7-8,15,20H,4-6,9-14,16-18H2,1-3H3,(H2,24,25,26). The van der Waals surface area contributed by atoms with Crippen molar-refractivity contribution >= 4 is 5.96 Å². The first-order valence-corrected chi connectivity index (χ1v) is 11.1. The highest BCUT2D eigenvalue weighted by Gasteiger charge is 2.17. The third kappa shape index (κ3) is 9.78. The Morgan fingerprint density at radius 2 is 2.10 bits per heavy atom. The molecule has 7 nitrogen and oxygen atoms in total. The van der Waals surface area contributed by atoms with E-state index in [1.54, 1.807) is 7.11 Å². The molecule has 1 aromatic carbocycles. The van der Waals surface area contributed by atoms with Crippen molar-refractivity contribution in [3.63, 3.8) is 0 Å². The van der Waals surface area contributed by atoms with E-state index in [-0.39, 0.29) is 0 Å². The molecule has 1 heterocycles. The van der Waals surface area contributed by atoms with Crippen LogP contribution in [0.25, 0.3) is 0 Å². The summed E-state index contributed by atoms with van der Waals surface area (Å²) in [5.41, 5.74) is 2.29. The van der Waals surface area contributed by atoms with Crippen LogP contribution in [0.4, 0.5) is 0 Å². The molecular weight excluding hydrogens is 382 g/mol. The number of ether oxygens (including phenoxy) is 4. The van der Waals surface area contributed by atoms with E-state index in [4.69, 9.17) is 23.9 Å². The minimum atomic E-state index is 0.485. The Kier molecular flexibility index (Phi) is 12.3. The van der Waals surface area contributed by atoms with Crippen LogP contribution in [0.15, 0.2) is 23.2 Å².